The predicted molar refractivity (Wildman–Crippen MR) is 119 cm³/mol. The fourth-order valence-electron chi connectivity index (χ4n) is 2.78. The molecule has 7 heteroatoms. The van der Waals surface area contributed by atoms with Crippen LogP contribution in [0.15, 0.2) is 66.7 Å². The molecule has 0 atom stereocenters. The zero-order chi connectivity index (χ0) is 21.3. The normalized spacial score (nSPS) is 10.2. The van der Waals surface area contributed by atoms with E-state index in [1.807, 2.05) is 48.5 Å². The molecule has 0 aliphatic heterocycles. The van der Waals surface area contributed by atoms with Gasteiger partial charge in [-0.15, -0.1) is 0 Å². The molecule has 0 aromatic heterocycles. The average molecular weight is 427 g/mol. The third-order valence-electron chi connectivity index (χ3n) is 4.28. The first kappa shape index (κ1) is 21.3. The van der Waals surface area contributed by atoms with Crippen LogP contribution in [0.25, 0.3) is 0 Å². The van der Waals surface area contributed by atoms with E-state index in [-0.39, 0.29) is 12.5 Å². The van der Waals surface area contributed by atoms with Crippen LogP contribution >= 0.6 is 11.6 Å². The van der Waals surface area contributed by atoms with E-state index in [1.165, 1.54) is 7.11 Å². The van der Waals surface area contributed by atoms with E-state index < -0.39 is 0 Å². The molecule has 156 valence electrons. The highest BCUT2D eigenvalue weighted by Gasteiger charge is 2.14. The molecule has 0 unspecified atom stereocenters. The van der Waals surface area contributed by atoms with Crippen molar-refractivity contribution < 1.29 is 19.0 Å². The average Bonchev–Trinajstić information content (AvgIpc) is 2.77. The van der Waals surface area contributed by atoms with Gasteiger partial charge >= 0.3 is 0 Å². The Morgan fingerprint density at radius 2 is 1.67 bits per heavy atom. The minimum atomic E-state index is -0.287. The number of hydrogen-bond acceptors (Lipinski definition) is 5. The van der Waals surface area contributed by atoms with Crippen LogP contribution in [0.3, 0.4) is 0 Å². The molecule has 6 nitrogen and oxygen atoms in total. The number of nitrogens with one attached hydrogen (secondary N) is 2. The summed E-state index contributed by atoms with van der Waals surface area (Å²) in [4.78, 5) is 12.1. The fourth-order valence-corrected chi connectivity index (χ4v) is 3.07. The van der Waals surface area contributed by atoms with Crippen molar-refractivity contribution in [2.24, 2.45) is 0 Å². The highest BCUT2D eigenvalue weighted by atomic mass is 35.5. The van der Waals surface area contributed by atoms with Crippen molar-refractivity contribution in [1.82, 2.24) is 0 Å². The molecule has 0 saturated carbocycles. The van der Waals surface area contributed by atoms with Crippen LogP contribution in [0.2, 0.25) is 5.02 Å². The van der Waals surface area contributed by atoms with Crippen molar-refractivity contribution in [3.05, 3.63) is 77.3 Å². The van der Waals surface area contributed by atoms with Gasteiger partial charge in [-0.25, -0.2) is 0 Å². The predicted octanol–water partition coefficient (Wildman–Crippen LogP) is 4.99. The van der Waals surface area contributed by atoms with E-state index in [9.17, 15) is 4.79 Å². The Hall–Kier alpha value is -3.38. The van der Waals surface area contributed by atoms with E-state index in [0.717, 1.165) is 17.0 Å². The van der Waals surface area contributed by atoms with Gasteiger partial charge in [0.1, 0.15) is 5.75 Å². The summed E-state index contributed by atoms with van der Waals surface area (Å²) >= 11 is 6.40. The second-order valence-electron chi connectivity index (χ2n) is 6.39. The van der Waals surface area contributed by atoms with Gasteiger partial charge in [-0.1, -0.05) is 29.8 Å². The Bertz CT molecular complexity index is 978. The van der Waals surface area contributed by atoms with Gasteiger partial charge in [-0.2, -0.15) is 0 Å². The van der Waals surface area contributed by atoms with Crippen molar-refractivity contribution in [2.45, 2.75) is 6.54 Å². The van der Waals surface area contributed by atoms with E-state index in [0.29, 0.717) is 28.8 Å². The van der Waals surface area contributed by atoms with Crippen LogP contribution in [0, 0.1) is 0 Å². The lowest BCUT2D eigenvalue weighted by Crippen LogP contribution is -2.20. The fraction of sp³-hybridized carbons (Fsp3) is 0.174. The summed E-state index contributed by atoms with van der Waals surface area (Å²) in [5.41, 5.74) is 2.56. The SMILES string of the molecule is COc1ccc(NCc2cc(Cl)c(OCC(=O)Nc3ccccc3)c(OC)c2)cc1. The first-order valence-corrected chi connectivity index (χ1v) is 9.69. The minimum Gasteiger partial charge on any atom is -0.497 e. The van der Waals surface area contributed by atoms with Crippen molar-refractivity contribution in [2.75, 3.05) is 31.5 Å². The maximum absolute atomic E-state index is 12.1. The number of amides is 1. The Morgan fingerprint density at radius 3 is 2.33 bits per heavy atom. The van der Waals surface area contributed by atoms with Crippen molar-refractivity contribution >= 4 is 28.9 Å². The Morgan fingerprint density at radius 1 is 0.933 bits per heavy atom. The molecule has 3 aromatic carbocycles. The summed E-state index contributed by atoms with van der Waals surface area (Å²) in [5, 5.41) is 6.44. The number of rotatable bonds is 9. The van der Waals surface area contributed by atoms with Crippen LogP contribution in [-0.4, -0.2) is 26.7 Å². The third-order valence-corrected chi connectivity index (χ3v) is 4.56. The molecule has 1 amide bonds. The van der Waals surface area contributed by atoms with Crippen molar-refractivity contribution in [1.29, 1.82) is 0 Å². The third kappa shape index (κ3) is 5.81. The molecule has 0 spiro atoms. The molecule has 0 aliphatic carbocycles. The number of halogens is 1. The molecule has 0 saturated heterocycles. The molecule has 2 N–H and O–H groups in total. The topological polar surface area (TPSA) is 68.8 Å². The molecule has 0 bridgehead atoms. The number of carbonyl (C=O) groups excluding carboxylic acids is 1. The Labute approximate surface area is 180 Å². The van der Waals surface area contributed by atoms with Crippen LogP contribution in [0.4, 0.5) is 11.4 Å². The van der Waals surface area contributed by atoms with Gasteiger partial charge in [0.25, 0.3) is 5.91 Å². The second-order valence-corrected chi connectivity index (χ2v) is 6.80. The lowest BCUT2D eigenvalue weighted by Gasteiger charge is -2.15. The van der Waals surface area contributed by atoms with Gasteiger partial charge in [-0.05, 0) is 54.1 Å². The maximum Gasteiger partial charge on any atom is 0.262 e. The summed E-state index contributed by atoms with van der Waals surface area (Å²) in [6.07, 6.45) is 0. The van der Waals surface area contributed by atoms with E-state index in [4.69, 9.17) is 25.8 Å². The Kier molecular flexibility index (Phi) is 7.40. The highest BCUT2D eigenvalue weighted by Crippen LogP contribution is 2.36. The summed E-state index contributed by atoms with van der Waals surface area (Å²) in [7, 11) is 3.16. The van der Waals surface area contributed by atoms with Crippen LogP contribution in [-0.2, 0) is 11.3 Å². The summed E-state index contributed by atoms with van der Waals surface area (Å²) < 4.78 is 16.2. The number of anilines is 2. The molecule has 0 radical (unpaired) electrons. The lowest BCUT2D eigenvalue weighted by atomic mass is 10.2. The summed E-state index contributed by atoms with van der Waals surface area (Å²) in [5.74, 6) is 1.30. The zero-order valence-electron chi connectivity index (χ0n) is 16.8. The number of ether oxygens (including phenoxy) is 3. The molecule has 0 aliphatic rings. The van der Waals surface area contributed by atoms with E-state index in [2.05, 4.69) is 10.6 Å². The van der Waals surface area contributed by atoms with E-state index in [1.54, 1.807) is 25.3 Å². The molecular weight excluding hydrogens is 404 g/mol. The molecule has 30 heavy (non-hydrogen) atoms. The molecule has 3 rings (SSSR count). The maximum atomic E-state index is 12.1. The van der Waals surface area contributed by atoms with Gasteiger partial charge in [0.15, 0.2) is 18.1 Å². The van der Waals surface area contributed by atoms with Gasteiger partial charge in [0.05, 0.1) is 19.2 Å². The van der Waals surface area contributed by atoms with E-state index >= 15 is 0 Å². The van der Waals surface area contributed by atoms with Crippen molar-refractivity contribution in [3.8, 4) is 17.2 Å². The molecule has 3 aromatic rings. The highest BCUT2D eigenvalue weighted by molar-refractivity contribution is 6.32. The number of methoxy groups -OCH3 is 2. The summed E-state index contributed by atoms with van der Waals surface area (Å²) in [6, 6.07) is 20.4. The first-order chi connectivity index (χ1) is 14.6. The van der Waals surface area contributed by atoms with Gasteiger partial charge in [0.2, 0.25) is 0 Å². The zero-order valence-corrected chi connectivity index (χ0v) is 17.5. The number of benzene rings is 3. The van der Waals surface area contributed by atoms with Crippen LogP contribution in [0.5, 0.6) is 17.2 Å². The largest absolute Gasteiger partial charge is 0.497 e. The van der Waals surface area contributed by atoms with Crippen molar-refractivity contribution in [3.63, 3.8) is 0 Å². The Balaban J connectivity index is 1.62. The quantitative estimate of drug-likeness (QED) is 0.504. The van der Waals surface area contributed by atoms with Crippen LogP contribution < -0.4 is 24.8 Å². The molecular formula is C23H23ClN2O4. The monoisotopic (exact) mass is 426 g/mol. The molecule has 0 heterocycles. The second kappa shape index (κ2) is 10.4. The number of carbonyl (C=O) groups is 1. The van der Waals surface area contributed by atoms with Crippen LogP contribution in [0.1, 0.15) is 5.56 Å². The minimum absolute atomic E-state index is 0.186. The van der Waals surface area contributed by atoms with Gasteiger partial charge in [-0.3, -0.25) is 4.79 Å². The smallest absolute Gasteiger partial charge is 0.262 e. The first-order valence-electron chi connectivity index (χ1n) is 9.31. The number of hydrogen-bond donors (Lipinski definition) is 2. The number of para-hydroxylation sites is 1. The van der Waals surface area contributed by atoms with Gasteiger partial charge < -0.3 is 24.8 Å². The molecule has 0 fully saturated rings. The van der Waals surface area contributed by atoms with Gasteiger partial charge in [0, 0.05) is 17.9 Å². The lowest BCUT2D eigenvalue weighted by molar-refractivity contribution is -0.118. The standard InChI is InChI=1S/C23H23ClN2O4/c1-28-19-10-8-17(9-11-19)25-14-16-12-20(24)23(21(13-16)29-2)30-15-22(27)26-18-6-4-3-5-7-18/h3-13,25H,14-15H2,1-2H3,(H,26,27). The summed E-state index contributed by atoms with van der Waals surface area (Å²) in [6.45, 7) is 0.353.